The Bertz CT molecular complexity index is 1040. The summed E-state index contributed by atoms with van der Waals surface area (Å²) in [5.74, 6) is 0.718. The number of hydrogen-bond donors (Lipinski definition) is 0. The maximum Gasteiger partial charge on any atom is 0.281 e. The second kappa shape index (κ2) is 7.94. The smallest absolute Gasteiger partial charge is 0.281 e. The molecular formula is C22H29FN4O3S. The predicted octanol–water partition coefficient (Wildman–Crippen LogP) is 3.95. The van der Waals surface area contributed by atoms with E-state index in [0.717, 1.165) is 44.9 Å². The van der Waals surface area contributed by atoms with Gasteiger partial charge in [0, 0.05) is 37.7 Å². The van der Waals surface area contributed by atoms with Gasteiger partial charge in [0.25, 0.3) is 10.2 Å². The molecule has 2 aliphatic carbocycles. The normalized spacial score (nSPS) is 24.7. The van der Waals surface area contributed by atoms with Crippen molar-refractivity contribution < 1.29 is 17.2 Å². The molecule has 1 atom stereocenters. The lowest BCUT2D eigenvalue weighted by molar-refractivity contribution is 0.216. The fourth-order valence-electron chi connectivity index (χ4n) is 5.34. The fourth-order valence-corrected chi connectivity index (χ4v) is 6.94. The molecule has 3 aliphatic rings. The van der Waals surface area contributed by atoms with Gasteiger partial charge in [-0.15, -0.1) is 10.2 Å². The van der Waals surface area contributed by atoms with Crippen LogP contribution in [0.1, 0.15) is 63.2 Å². The summed E-state index contributed by atoms with van der Waals surface area (Å²) in [6.45, 7) is 1.06. The molecule has 2 saturated carbocycles. The van der Waals surface area contributed by atoms with Crippen LogP contribution in [0, 0.1) is 11.2 Å². The molecular weight excluding hydrogens is 419 g/mol. The Morgan fingerprint density at radius 3 is 2.61 bits per heavy atom. The number of rotatable bonds is 5. The summed E-state index contributed by atoms with van der Waals surface area (Å²) in [7, 11) is -1.68. The lowest BCUT2D eigenvalue weighted by atomic mass is 9.92. The molecule has 1 aromatic carbocycles. The topological polar surface area (TPSA) is 79.5 Å². The monoisotopic (exact) mass is 448 g/mol. The summed E-state index contributed by atoms with van der Waals surface area (Å²) < 4.78 is 48.9. The van der Waals surface area contributed by atoms with Gasteiger partial charge in [-0.05, 0) is 55.7 Å². The first-order chi connectivity index (χ1) is 14.9. The Morgan fingerprint density at radius 2 is 1.90 bits per heavy atom. The largest absolute Gasteiger partial charge is 0.420 e. The van der Waals surface area contributed by atoms with Crippen molar-refractivity contribution in [2.75, 3.05) is 20.1 Å². The van der Waals surface area contributed by atoms with Crippen molar-refractivity contribution >= 4 is 10.2 Å². The zero-order valence-corrected chi connectivity index (χ0v) is 18.7. The first-order valence-electron chi connectivity index (χ1n) is 11.2. The van der Waals surface area contributed by atoms with E-state index in [4.69, 9.17) is 4.42 Å². The van der Waals surface area contributed by atoms with Gasteiger partial charge in [0.1, 0.15) is 5.82 Å². The summed E-state index contributed by atoms with van der Waals surface area (Å²) in [5.41, 5.74) is 0.612. The van der Waals surface area contributed by atoms with Crippen LogP contribution in [0.5, 0.6) is 0 Å². The van der Waals surface area contributed by atoms with Gasteiger partial charge in [0.05, 0.1) is 0 Å². The molecule has 2 heterocycles. The molecule has 5 rings (SSSR count). The van der Waals surface area contributed by atoms with E-state index in [0.29, 0.717) is 30.4 Å². The molecule has 1 saturated heterocycles. The van der Waals surface area contributed by atoms with Crippen molar-refractivity contribution in [2.45, 2.75) is 63.3 Å². The van der Waals surface area contributed by atoms with E-state index < -0.39 is 10.2 Å². The quantitative estimate of drug-likeness (QED) is 0.692. The van der Waals surface area contributed by atoms with Crippen LogP contribution in [0.4, 0.5) is 4.39 Å². The summed E-state index contributed by atoms with van der Waals surface area (Å²) >= 11 is 0. The highest BCUT2D eigenvalue weighted by molar-refractivity contribution is 7.86. The minimum Gasteiger partial charge on any atom is -0.420 e. The van der Waals surface area contributed by atoms with Crippen molar-refractivity contribution in [3.8, 4) is 11.5 Å². The zero-order valence-electron chi connectivity index (χ0n) is 17.8. The lowest BCUT2D eigenvalue weighted by Crippen LogP contribution is -2.49. The predicted molar refractivity (Wildman–Crippen MR) is 114 cm³/mol. The van der Waals surface area contributed by atoms with E-state index in [-0.39, 0.29) is 23.2 Å². The Labute approximate surface area is 182 Å². The van der Waals surface area contributed by atoms with Gasteiger partial charge < -0.3 is 4.42 Å². The molecule has 0 radical (unpaired) electrons. The third-order valence-corrected chi connectivity index (χ3v) is 9.54. The maximum atomic E-state index is 13.5. The third kappa shape index (κ3) is 3.91. The number of benzene rings is 1. The van der Waals surface area contributed by atoms with E-state index >= 15 is 0 Å². The van der Waals surface area contributed by atoms with Gasteiger partial charge in [-0.3, -0.25) is 0 Å². The molecule has 0 amide bonds. The van der Waals surface area contributed by atoms with Gasteiger partial charge in [-0.2, -0.15) is 17.0 Å². The Morgan fingerprint density at radius 1 is 1.16 bits per heavy atom. The number of piperidine rings is 1. The van der Waals surface area contributed by atoms with Crippen LogP contribution in [0.15, 0.2) is 28.7 Å². The van der Waals surface area contributed by atoms with Crippen LogP contribution in [0.2, 0.25) is 0 Å². The second-order valence-corrected chi connectivity index (χ2v) is 11.3. The third-order valence-electron chi connectivity index (χ3n) is 7.50. The molecule has 2 aromatic rings. The molecule has 1 aromatic heterocycles. The average Bonchev–Trinajstić information content (AvgIpc) is 3.24. The molecule has 0 N–H and O–H groups in total. The Kier molecular flexibility index (Phi) is 5.38. The number of halogens is 1. The highest BCUT2D eigenvalue weighted by atomic mass is 32.2. The molecule has 3 fully saturated rings. The minimum absolute atomic E-state index is 0.0428. The molecule has 1 aliphatic heterocycles. The van der Waals surface area contributed by atoms with E-state index in [9.17, 15) is 12.8 Å². The molecule has 0 unspecified atom stereocenters. The van der Waals surface area contributed by atoms with Gasteiger partial charge in [-0.25, -0.2) is 4.39 Å². The second-order valence-electron chi connectivity index (χ2n) is 9.29. The highest BCUT2D eigenvalue weighted by Crippen LogP contribution is 2.64. The van der Waals surface area contributed by atoms with Crippen molar-refractivity contribution in [2.24, 2.45) is 5.41 Å². The fraction of sp³-hybridized carbons (Fsp3) is 0.636. The van der Waals surface area contributed by atoms with Crippen LogP contribution in [-0.4, -0.2) is 53.4 Å². The van der Waals surface area contributed by atoms with Crippen LogP contribution >= 0.6 is 0 Å². The van der Waals surface area contributed by atoms with E-state index in [1.807, 2.05) is 0 Å². The van der Waals surface area contributed by atoms with Gasteiger partial charge in [0.15, 0.2) is 0 Å². The van der Waals surface area contributed by atoms with Gasteiger partial charge >= 0.3 is 0 Å². The lowest BCUT2D eigenvalue weighted by Gasteiger charge is -2.37. The van der Waals surface area contributed by atoms with E-state index in [2.05, 4.69) is 10.2 Å². The Balaban J connectivity index is 1.22. The van der Waals surface area contributed by atoms with Crippen molar-refractivity contribution in [1.82, 2.24) is 18.8 Å². The first kappa shape index (κ1) is 21.0. The zero-order chi connectivity index (χ0) is 21.6. The summed E-state index contributed by atoms with van der Waals surface area (Å²) in [4.78, 5) is 0. The van der Waals surface area contributed by atoms with E-state index in [1.165, 1.54) is 18.6 Å². The van der Waals surface area contributed by atoms with Gasteiger partial charge in [0.2, 0.25) is 11.8 Å². The van der Waals surface area contributed by atoms with Crippen LogP contribution in [0.3, 0.4) is 0 Å². The van der Waals surface area contributed by atoms with Crippen molar-refractivity contribution in [1.29, 1.82) is 0 Å². The van der Waals surface area contributed by atoms with Crippen LogP contribution in [-0.2, 0) is 10.2 Å². The molecule has 7 nitrogen and oxygen atoms in total. The van der Waals surface area contributed by atoms with Crippen molar-refractivity contribution in [3.05, 3.63) is 36.0 Å². The first-order valence-corrected chi connectivity index (χ1v) is 12.6. The molecule has 31 heavy (non-hydrogen) atoms. The van der Waals surface area contributed by atoms with E-state index in [1.54, 1.807) is 27.8 Å². The number of hydrogen-bond acceptors (Lipinski definition) is 5. The molecule has 0 bridgehead atoms. The number of nitrogens with zero attached hydrogens (tertiary/aromatic N) is 4. The van der Waals surface area contributed by atoms with Crippen molar-refractivity contribution in [3.63, 3.8) is 0 Å². The van der Waals surface area contributed by atoms with Crippen LogP contribution < -0.4 is 0 Å². The number of aromatic nitrogens is 2. The summed E-state index contributed by atoms with van der Waals surface area (Å²) in [5, 5.41) is 8.31. The highest BCUT2D eigenvalue weighted by Gasteiger charge is 2.59. The summed E-state index contributed by atoms with van der Waals surface area (Å²) in [6.07, 6.45) is 7.87. The molecule has 9 heteroatoms. The summed E-state index contributed by atoms with van der Waals surface area (Å²) in [6, 6.07) is 6.25. The molecule has 168 valence electrons. The van der Waals surface area contributed by atoms with Gasteiger partial charge in [-0.1, -0.05) is 25.3 Å². The SMILES string of the molecule is CN(C1CCCCC1)S(=O)(=O)N1CCC2(CC1)C[C@@H]2c1nnc(-c2cccc(F)c2)o1. The molecule has 1 spiro atoms. The maximum absolute atomic E-state index is 13.5. The minimum atomic E-state index is -3.42. The average molecular weight is 449 g/mol. The Hall–Kier alpha value is -1.84. The standard InChI is InChI=1S/C22H29FN4O3S/c1-26(18-8-3-2-4-9-18)31(28,29)27-12-10-22(11-13-27)15-19(22)21-25-24-20(30-21)16-6-5-7-17(23)14-16/h5-7,14,18-19H,2-4,8-13,15H2,1H3/t19-/m1/s1. The van der Waals surface area contributed by atoms with Crippen LogP contribution in [0.25, 0.3) is 11.5 Å².